The first-order valence-corrected chi connectivity index (χ1v) is 13.7. The van der Waals surface area contributed by atoms with Crippen molar-refractivity contribution in [2.45, 2.75) is 83.4 Å². The quantitative estimate of drug-likeness (QED) is 0.578. The highest BCUT2D eigenvalue weighted by Crippen LogP contribution is 2.45. The molecule has 0 radical (unpaired) electrons. The second-order valence-corrected chi connectivity index (χ2v) is 11.9. The van der Waals surface area contributed by atoms with E-state index >= 15 is 0 Å². The Morgan fingerprint density at radius 3 is 2.49 bits per heavy atom. The molecule has 2 amide bonds. The standard InChI is InChI=1S/C28H39N5O4/c1-28(2,3)37-27(35)32-11-9-20-22(16-32)21(15-29)26(30-25(20)19-7-8-19)31-12-13-33(24(34)10-14-36-4)23(17-31)18-5-6-18/h18-19,23H,5-14,16-17H2,1-4H3/t23-/m0/s1. The molecule has 3 fully saturated rings. The van der Waals surface area contributed by atoms with Gasteiger partial charge in [-0.25, -0.2) is 9.78 Å². The van der Waals surface area contributed by atoms with E-state index in [-0.39, 0.29) is 18.0 Å². The van der Waals surface area contributed by atoms with Gasteiger partial charge in [-0.3, -0.25) is 4.79 Å². The number of fused-ring (bicyclic) bond motifs is 1. The Hall–Kier alpha value is -2.86. The summed E-state index contributed by atoms with van der Waals surface area (Å²) in [5.41, 5.74) is 3.18. The van der Waals surface area contributed by atoms with Gasteiger partial charge >= 0.3 is 6.09 Å². The average Bonchev–Trinajstić information content (AvgIpc) is 3.78. The summed E-state index contributed by atoms with van der Waals surface area (Å²) in [5, 5.41) is 10.4. The molecule has 2 aliphatic heterocycles. The molecule has 9 nitrogen and oxygen atoms in total. The molecule has 0 unspecified atom stereocenters. The second-order valence-electron chi connectivity index (χ2n) is 11.9. The largest absolute Gasteiger partial charge is 0.444 e. The van der Waals surface area contributed by atoms with Crippen molar-refractivity contribution in [3.05, 3.63) is 22.4 Å². The number of nitriles is 1. The number of carbonyl (C=O) groups is 2. The van der Waals surface area contributed by atoms with Crippen molar-refractivity contribution >= 4 is 17.8 Å². The lowest BCUT2D eigenvalue weighted by Gasteiger charge is -2.43. The normalized spacial score (nSPS) is 21.9. The molecule has 0 bridgehead atoms. The van der Waals surface area contributed by atoms with E-state index < -0.39 is 5.60 Å². The minimum atomic E-state index is -0.573. The first-order chi connectivity index (χ1) is 17.7. The third-order valence-electron chi connectivity index (χ3n) is 7.86. The van der Waals surface area contributed by atoms with E-state index in [1.54, 1.807) is 12.0 Å². The van der Waals surface area contributed by atoms with Crippen molar-refractivity contribution in [2.24, 2.45) is 5.92 Å². The zero-order chi connectivity index (χ0) is 26.3. The van der Waals surface area contributed by atoms with Gasteiger partial charge in [-0.1, -0.05) is 0 Å². The minimum Gasteiger partial charge on any atom is -0.444 e. The lowest BCUT2D eigenvalue weighted by molar-refractivity contribution is -0.135. The smallest absolute Gasteiger partial charge is 0.410 e. The maximum Gasteiger partial charge on any atom is 0.410 e. The van der Waals surface area contributed by atoms with E-state index in [4.69, 9.17) is 14.5 Å². The van der Waals surface area contributed by atoms with Gasteiger partial charge in [0.15, 0.2) is 0 Å². The molecule has 0 aromatic carbocycles. The maximum absolute atomic E-state index is 12.9. The number of amides is 2. The maximum atomic E-state index is 12.9. The van der Waals surface area contributed by atoms with Crippen LogP contribution in [0.15, 0.2) is 0 Å². The Balaban J connectivity index is 1.45. The molecule has 9 heteroatoms. The summed E-state index contributed by atoms with van der Waals surface area (Å²) in [4.78, 5) is 36.9. The molecule has 0 N–H and O–H groups in total. The summed E-state index contributed by atoms with van der Waals surface area (Å²) in [6.07, 6.45) is 5.24. The fourth-order valence-electron chi connectivity index (χ4n) is 5.70. The molecule has 2 aliphatic carbocycles. The van der Waals surface area contributed by atoms with Crippen LogP contribution in [0.25, 0.3) is 0 Å². The Morgan fingerprint density at radius 2 is 1.86 bits per heavy atom. The number of hydrogen-bond acceptors (Lipinski definition) is 7. The molecule has 37 heavy (non-hydrogen) atoms. The van der Waals surface area contributed by atoms with Gasteiger partial charge in [-0.2, -0.15) is 5.26 Å². The Morgan fingerprint density at radius 1 is 1.11 bits per heavy atom. The lowest BCUT2D eigenvalue weighted by Crippen LogP contribution is -2.56. The van der Waals surface area contributed by atoms with Crippen LogP contribution in [0.1, 0.15) is 81.2 Å². The van der Waals surface area contributed by atoms with Gasteiger partial charge in [-0.05, 0) is 69.9 Å². The summed E-state index contributed by atoms with van der Waals surface area (Å²) in [6.45, 7) is 8.91. The highest BCUT2D eigenvalue weighted by Gasteiger charge is 2.42. The number of nitrogens with zero attached hydrogens (tertiary/aromatic N) is 5. The lowest BCUT2D eigenvalue weighted by atomic mass is 9.92. The van der Waals surface area contributed by atoms with Crippen LogP contribution in [-0.4, -0.2) is 78.3 Å². The van der Waals surface area contributed by atoms with Gasteiger partial charge in [0.05, 0.1) is 31.2 Å². The number of methoxy groups -OCH3 is 1. The van der Waals surface area contributed by atoms with Gasteiger partial charge in [0.1, 0.15) is 17.5 Å². The highest BCUT2D eigenvalue weighted by molar-refractivity contribution is 5.77. The van der Waals surface area contributed by atoms with E-state index in [1.807, 2.05) is 25.7 Å². The third kappa shape index (κ3) is 5.54. The zero-order valence-corrected chi connectivity index (χ0v) is 22.6. The predicted molar refractivity (Wildman–Crippen MR) is 138 cm³/mol. The first-order valence-electron chi connectivity index (χ1n) is 13.7. The average molecular weight is 510 g/mol. The van der Waals surface area contributed by atoms with Crippen LogP contribution in [0.3, 0.4) is 0 Å². The van der Waals surface area contributed by atoms with Gasteiger partial charge in [-0.15, -0.1) is 0 Å². The fraction of sp³-hybridized carbons (Fsp3) is 0.714. The predicted octanol–water partition coefficient (Wildman–Crippen LogP) is 3.59. The van der Waals surface area contributed by atoms with Gasteiger partial charge < -0.3 is 24.2 Å². The number of ether oxygens (including phenoxy) is 2. The summed E-state index contributed by atoms with van der Waals surface area (Å²) in [6, 6.07) is 2.59. The van der Waals surface area contributed by atoms with E-state index in [0.717, 1.165) is 48.3 Å². The number of rotatable bonds is 6. The van der Waals surface area contributed by atoms with Crippen molar-refractivity contribution < 1.29 is 19.1 Å². The number of hydrogen-bond donors (Lipinski definition) is 0. The first kappa shape index (κ1) is 25.8. The van der Waals surface area contributed by atoms with Crippen molar-refractivity contribution in [3.8, 4) is 6.07 Å². The Kier molecular flexibility index (Phi) is 7.06. The molecule has 2 saturated carbocycles. The molecule has 5 rings (SSSR count). The van der Waals surface area contributed by atoms with Crippen molar-refractivity contribution in [1.82, 2.24) is 14.8 Å². The molecular weight excluding hydrogens is 470 g/mol. The van der Waals surface area contributed by atoms with Gasteiger partial charge in [0.2, 0.25) is 5.91 Å². The van der Waals surface area contributed by atoms with Crippen LogP contribution in [0.4, 0.5) is 10.6 Å². The number of piperazine rings is 1. The van der Waals surface area contributed by atoms with Crippen LogP contribution in [0, 0.1) is 17.2 Å². The summed E-state index contributed by atoms with van der Waals surface area (Å²) >= 11 is 0. The van der Waals surface area contributed by atoms with Crippen LogP contribution >= 0.6 is 0 Å². The molecule has 1 atom stereocenters. The number of aromatic nitrogens is 1. The molecule has 200 valence electrons. The van der Waals surface area contributed by atoms with Gasteiger partial charge in [0, 0.05) is 44.9 Å². The number of anilines is 1. The molecule has 1 aromatic heterocycles. The van der Waals surface area contributed by atoms with E-state index in [1.165, 1.54) is 0 Å². The minimum absolute atomic E-state index is 0.130. The van der Waals surface area contributed by atoms with Crippen molar-refractivity contribution in [3.63, 3.8) is 0 Å². The third-order valence-corrected chi connectivity index (χ3v) is 7.86. The van der Waals surface area contributed by atoms with Crippen LogP contribution < -0.4 is 4.90 Å². The van der Waals surface area contributed by atoms with Crippen LogP contribution in [-0.2, 0) is 27.2 Å². The number of pyridine rings is 1. The molecule has 1 saturated heterocycles. The molecule has 0 spiro atoms. The molecule has 4 aliphatic rings. The van der Waals surface area contributed by atoms with E-state index in [2.05, 4.69) is 11.0 Å². The van der Waals surface area contributed by atoms with E-state index in [0.29, 0.717) is 69.6 Å². The summed E-state index contributed by atoms with van der Waals surface area (Å²) in [5.74, 6) is 1.81. The topological polar surface area (TPSA) is 99.0 Å². The molecule has 1 aromatic rings. The highest BCUT2D eigenvalue weighted by atomic mass is 16.6. The van der Waals surface area contributed by atoms with Crippen LogP contribution in [0.2, 0.25) is 0 Å². The monoisotopic (exact) mass is 509 g/mol. The van der Waals surface area contributed by atoms with Crippen LogP contribution in [0.5, 0.6) is 0 Å². The SMILES string of the molecule is COCCC(=O)N1CCN(c2nc(C3CC3)c3c(c2C#N)CN(C(=O)OC(C)(C)C)CC3)C[C@H]1C1CC1. The molecular formula is C28H39N5O4. The van der Waals surface area contributed by atoms with Gasteiger partial charge in [0.25, 0.3) is 0 Å². The second kappa shape index (κ2) is 10.1. The number of carbonyl (C=O) groups excluding carboxylic acids is 2. The van der Waals surface area contributed by atoms with Crippen molar-refractivity contribution in [1.29, 1.82) is 5.26 Å². The molecule has 3 heterocycles. The Bertz CT molecular complexity index is 1100. The fourth-order valence-corrected chi connectivity index (χ4v) is 5.70. The van der Waals surface area contributed by atoms with Crippen molar-refractivity contribution in [2.75, 3.05) is 44.8 Å². The van der Waals surface area contributed by atoms with E-state index in [9.17, 15) is 14.9 Å². The Labute approximate surface area is 219 Å². The zero-order valence-electron chi connectivity index (χ0n) is 22.6. The summed E-state index contributed by atoms with van der Waals surface area (Å²) in [7, 11) is 1.62. The summed E-state index contributed by atoms with van der Waals surface area (Å²) < 4.78 is 10.8.